The largest absolute Gasteiger partial charge is 0.392 e. The van der Waals surface area contributed by atoms with E-state index in [9.17, 15) is 18.3 Å². The molecule has 3 N–H and O–H groups in total. The van der Waals surface area contributed by atoms with Gasteiger partial charge in [0.1, 0.15) is 11.3 Å². The maximum absolute atomic E-state index is 12.4. The Balaban J connectivity index is 1.42. The molecule has 162 valence electrons. The van der Waals surface area contributed by atoms with Crippen LogP contribution in [0, 0.1) is 0 Å². The third-order valence-corrected chi connectivity index (χ3v) is 5.95. The van der Waals surface area contributed by atoms with Gasteiger partial charge in [0.25, 0.3) is 0 Å². The van der Waals surface area contributed by atoms with Crippen LogP contribution in [0.2, 0.25) is 5.02 Å². The molecule has 0 saturated carbocycles. The first-order valence-corrected chi connectivity index (χ1v) is 10.0. The number of aliphatic hydroxyl groups excluding tert-OH is 1. The Bertz CT molecular complexity index is 904. The molecule has 10 heteroatoms. The molecule has 3 heterocycles. The summed E-state index contributed by atoms with van der Waals surface area (Å²) in [5.41, 5.74) is 7.57. The van der Waals surface area contributed by atoms with Gasteiger partial charge in [0.15, 0.2) is 5.82 Å². The van der Waals surface area contributed by atoms with Gasteiger partial charge in [-0.05, 0) is 30.0 Å². The molecule has 1 atom stereocenters. The first-order chi connectivity index (χ1) is 14.3. The second kappa shape index (κ2) is 8.22. The van der Waals surface area contributed by atoms with Crippen LogP contribution in [0.25, 0.3) is 0 Å². The number of hydrogen-bond donors (Lipinski definition) is 3. The van der Waals surface area contributed by atoms with Crippen molar-refractivity contribution in [3.05, 3.63) is 52.7 Å². The number of aromatic nitrogens is 1. The van der Waals surface area contributed by atoms with Crippen LogP contribution in [0.4, 0.5) is 24.7 Å². The maximum atomic E-state index is 12.4. The van der Waals surface area contributed by atoms with Gasteiger partial charge in [-0.15, -0.1) is 0 Å². The molecule has 2 aromatic rings. The number of pyridine rings is 1. The summed E-state index contributed by atoms with van der Waals surface area (Å²) < 4.78 is 43.2. The molecule has 0 bridgehead atoms. The molecule has 0 radical (unpaired) electrons. The zero-order chi connectivity index (χ0) is 21.4. The summed E-state index contributed by atoms with van der Waals surface area (Å²) in [7, 11) is 0. The number of ether oxygens (including phenoxy) is 1. The first-order valence-electron chi connectivity index (χ1n) is 9.66. The van der Waals surface area contributed by atoms with Gasteiger partial charge >= 0.3 is 6.18 Å². The van der Waals surface area contributed by atoms with Gasteiger partial charge in [0.2, 0.25) is 0 Å². The molecule has 2 aliphatic rings. The summed E-state index contributed by atoms with van der Waals surface area (Å²) in [4.78, 5) is 6.16. The molecule has 1 unspecified atom stereocenters. The Labute approximate surface area is 177 Å². The standard InChI is InChI=1S/C20H22ClF3N4O2/c21-17-15(5-8-25-18(17)27-26-16(29)11-20(22,23)24)28-9-6-19(7-10-28)14-4-2-1-3-13(14)12-30-19/h1-5,8,16,26,29H,6-7,9-12H2,(H,25,27). The third-order valence-electron chi connectivity index (χ3n) is 5.57. The smallest absolute Gasteiger partial charge is 0.377 e. The van der Waals surface area contributed by atoms with Crippen LogP contribution < -0.4 is 15.8 Å². The first kappa shape index (κ1) is 21.2. The van der Waals surface area contributed by atoms with Crippen LogP contribution in [0.3, 0.4) is 0 Å². The monoisotopic (exact) mass is 442 g/mol. The quantitative estimate of drug-likeness (QED) is 0.481. The molecule has 0 amide bonds. The predicted octanol–water partition coefficient (Wildman–Crippen LogP) is 3.95. The molecular formula is C20H22ClF3N4O2. The number of rotatable bonds is 5. The number of aliphatic hydroxyl groups is 1. The van der Waals surface area contributed by atoms with Gasteiger partial charge < -0.3 is 20.2 Å². The normalized spacial score (nSPS) is 19.0. The number of anilines is 2. The number of fused-ring (bicyclic) bond motifs is 2. The van der Waals surface area contributed by atoms with E-state index in [0.29, 0.717) is 19.7 Å². The van der Waals surface area contributed by atoms with Crippen LogP contribution in [-0.2, 0) is 16.9 Å². The van der Waals surface area contributed by atoms with Crippen molar-refractivity contribution in [2.75, 3.05) is 23.4 Å². The number of piperidine rings is 1. The number of hydrogen-bond acceptors (Lipinski definition) is 6. The van der Waals surface area contributed by atoms with Crippen molar-refractivity contribution in [1.82, 2.24) is 10.4 Å². The summed E-state index contributed by atoms with van der Waals surface area (Å²) >= 11 is 6.45. The lowest BCUT2D eigenvalue weighted by Gasteiger charge is -2.40. The van der Waals surface area contributed by atoms with Crippen LogP contribution >= 0.6 is 11.6 Å². The predicted molar refractivity (Wildman–Crippen MR) is 107 cm³/mol. The highest BCUT2D eigenvalue weighted by Crippen LogP contribution is 2.45. The van der Waals surface area contributed by atoms with Crippen LogP contribution in [0.1, 0.15) is 30.4 Å². The lowest BCUT2D eigenvalue weighted by atomic mass is 9.83. The number of nitrogens with zero attached hydrogens (tertiary/aromatic N) is 2. The molecule has 1 saturated heterocycles. The topological polar surface area (TPSA) is 69.7 Å². The molecule has 30 heavy (non-hydrogen) atoms. The van der Waals surface area contributed by atoms with Gasteiger partial charge in [0, 0.05) is 19.3 Å². The highest BCUT2D eigenvalue weighted by molar-refractivity contribution is 6.35. The van der Waals surface area contributed by atoms with E-state index in [2.05, 4.69) is 32.9 Å². The minimum absolute atomic E-state index is 0.151. The van der Waals surface area contributed by atoms with Crippen molar-refractivity contribution < 1.29 is 23.0 Å². The summed E-state index contributed by atoms with van der Waals surface area (Å²) in [5.74, 6) is 0.151. The van der Waals surface area contributed by atoms with Gasteiger partial charge in [-0.1, -0.05) is 35.9 Å². The molecule has 1 aromatic carbocycles. The van der Waals surface area contributed by atoms with Crippen LogP contribution in [0.15, 0.2) is 36.5 Å². The van der Waals surface area contributed by atoms with Crippen molar-refractivity contribution in [3.63, 3.8) is 0 Å². The number of hydrazine groups is 1. The van der Waals surface area contributed by atoms with Crippen molar-refractivity contribution in [1.29, 1.82) is 0 Å². The molecular weight excluding hydrogens is 421 g/mol. The van der Waals surface area contributed by atoms with Gasteiger partial charge in [-0.25, -0.2) is 10.4 Å². The number of halogens is 4. The Morgan fingerprint density at radius 1 is 1.23 bits per heavy atom. The van der Waals surface area contributed by atoms with E-state index >= 15 is 0 Å². The van der Waals surface area contributed by atoms with Crippen molar-refractivity contribution in [3.8, 4) is 0 Å². The third kappa shape index (κ3) is 4.34. The summed E-state index contributed by atoms with van der Waals surface area (Å²) in [5, 5.41) is 9.74. The Hall–Kier alpha value is -2.07. The van der Waals surface area contributed by atoms with Crippen molar-refractivity contribution in [2.24, 2.45) is 0 Å². The fourth-order valence-electron chi connectivity index (χ4n) is 4.09. The summed E-state index contributed by atoms with van der Waals surface area (Å²) in [6.07, 6.45) is -4.58. The molecule has 4 rings (SSSR count). The van der Waals surface area contributed by atoms with E-state index in [1.807, 2.05) is 12.1 Å². The van der Waals surface area contributed by atoms with Gasteiger partial charge in [-0.3, -0.25) is 0 Å². The molecule has 6 nitrogen and oxygen atoms in total. The SMILES string of the molecule is OC(CC(F)(F)F)NNc1nccc(N2CCC3(CC2)OCc2ccccc23)c1Cl. The van der Waals surface area contributed by atoms with Crippen LogP contribution in [0.5, 0.6) is 0 Å². The zero-order valence-electron chi connectivity index (χ0n) is 16.0. The fraction of sp³-hybridized carbons (Fsp3) is 0.450. The molecule has 0 aliphatic carbocycles. The number of nitrogens with one attached hydrogen (secondary N) is 2. The highest BCUT2D eigenvalue weighted by atomic mass is 35.5. The second-order valence-electron chi connectivity index (χ2n) is 7.52. The Morgan fingerprint density at radius 2 is 1.97 bits per heavy atom. The van der Waals surface area contributed by atoms with E-state index in [-0.39, 0.29) is 16.4 Å². The molecule has 1 fully saturated rings. The van der Waals surface area contributed by atoms with Crippen LogP contribution in [-0.4, -0.2) is 35.6 Å². The number of benzene rings is 1. The van der Waals surface area contributed by atoms with E-state index in [4.69, 9.17) is 16.3 Å². The molecule has 2 aliphatic heterocycles. The summed E-state index contributed by atoms with van der Waals surface area (Å²) in [6.45, 7) is 2.04. The highest BCUT2D eigenvalue weighted by Gasteiger charge is 2.42. The average molecular weight is 443 g/mol. The average Bonchev–Trinajstić information content (AvgIpc) is 3.05. The van der Waals surface area contributed by atoms with E-state index < -0.39 is 18.8 Å². The minimum atomic E-state index is -4.49. The van der Waals surface area contributed by atoms with E-state index in [1.165, 1.54) is 17.3 Å². The van der Waals surface area contributed by atoms with Gasteiger partial charge in [-0.2, -0.15) is 13.2 Å². The zero-order valence-corrected chi connectivity index (χ0v) is 16.8. The Kier molecular flexibility index (Phi) is 5.80. The van der Waals surface area contributed by atoms with E-state index in [0.717, 1.165) is 18.5 Å². The fourth-order valence-corrected chi connectivity index (χ4v) is 4.37. The molecule has 1 spiro atoms. The molecule has 1 aromatic heterocycles. The van der Waals surface area contributed by atoms with Crippen molar-refractivity contribution in [2.45, 2.75) is 43.9 Å². The second-order valence-corrected chi connectivity index (χ2v) is 7.90. The minimum Gasteiger partial charge on any atom is -0.377 e. The van der Waals surface area contributed by atoms with E-state index in [1.54, 1.807) is 6.07 Å². The van der Waals surface area contributed by atoms with Crippen molar-refractivity contribution >= 4 is 23.1 Å². The maximum Gasteiger partial charge on any atom is 0.392 e. The Morgan fingerprint density at radius 3 is 2.70 bits per heavy atom. The number of alkyl halides is 3. The lowest BCUT2D eigenvalue weighted by molar-refractivity contribution is -0.156. The summed E-state index contributed by atoms with van der Waals surface area (Å²) in [6, 6.07) is 10.0. The lowest BCUT2D eigenvalue weighted by Crippen LogP contribution is -2.42. The van der Waals surface area contributed by atoms with Gasteiger partial charge in [0.05, 0.1) is 24.3 Å².